The standard InChI is InChI=1S/C13H10N4O2/c18-11-5-1-9(2-6-11)13-14-16-17(15-13)10-3-7-12(19)8-4-10/h1-8,18-19H. The Balaban J connectivity index is 1.95. The van der Waals surface area contributed by atoms with Gasteiger partial charge in [-0.05, 0) is 53.7 Å². The Hall–Kier alpha value is -2.89. The van der Waals surface area contributed by atoms with E-state index in [0.29, 0.717) is 11.5 Å². The summed E-state index contributed by atoms with van der Waals surface area (Å²) in [7, 11) is 0. The lowest BCUT2D eigenvalue weighted by molar-refractivity contribution is 0.474. The third kappa shape index (κ3) is 2.23. The zero-order valence-corrected chi connectivity index (χ0v) is 9.80. The van der Waals surface area contributed by atoms with E-state index in [1.165, 1.54) is 4.80 Å². The van der Waals surface area contributed by atoms with Gasteiger partial charge in [-0.25, -0.2) is 0 Å². The van der Waals surface area contributed by atoms with Gasteiger partial charge in [-0.15, -0.1) is 15.0 Å². The minimum absolute atomic E-state index is 0.183. The molecule has 19 heavy (non-hydrogen) atoms. The van der Waals surface area contributed by atoms with Crippen LogP contribution in [0.5, 0.6) is 11.5 Å². The van der Waals surface area contributed by atoms with Crippen LogP contribution in [0.4, 0.5) is 0 Å². The van der Waals surface area contributed by atoms with Gasteiger partial charge < -0.3 is 10.2 Å². The van der Waals surface area contributed by atoms with Crippen LogP contribution in [0.1, 0.15) is 0 Å². The summed E-state index contributed by atoms with van der Waals surface area (Å²) >= 11 is 0. The average molecular weight is 254 g/mol. The summed E-state index contributed by atoms with van der Waals surface area (Å²) < 4.78 is 0. The molecule has 0 aliphatic heterocycles. The molecule has 94 valence electrons. The molecule has 3 aromatic rings. The fourth-order valence-electron chi connectivity index (χ4n) is 1.64. The first-order chi connectivity index (χ1) is 9.22. The minimum Gasteiger partial charge on any atom is -0.508 e. The third-order valence-corrected chi connectivity index (χ3v) is 2.62. The molecule has 0 amide bonds. The van der Waals surface area contributed by atoms with E-state index in [-0.39, 0.29) is 11.5 Å². The van der Waals surface area contributed by atoms with Crippen LogP contribution >= 0.6 is 0 Å². The first kappa shape index (κ1) is 11.2. The number of phenolic OH excluding ortho intramolecular Hbond substituents is 2. The van der Waals surface area contributed by atoms with Crippen LogP contribution in [0.15, 0.2) is 48.5 Å². The molecule has 2 N–H and O–H groups in total. The van der Waals surface area contributed by atoms with Crippen molar-refractivity contribution in [2.24, 2.45) is 0 Å². The van der Waals surface area contributed by atoms with Crippen molar-refractivity contribution < 1.29 is 10.2 Å². The SMILES string of the molecule is Oc1ccc(-c2nnn(-c3ccc(O)cc3)n2)cc1. The Kier molecular flexibility index (Phi) is 2.60. The summed E-state index contributed by atoms with van der Waals surface area (Å²) in [4.78, 5) is 1.38. The molecule has 0 unspecified atom stereocenters. The van der Waals surface area contributed by atoms with Crippen molar-refractivity contribution in [3.63, 3.8) is 0 Å². The topological polar surface area (TPSA) is 84.1 Å². The van der Waals surface area contributed by atoms with E-state index in [9.17, 15) is 10.2 Å². The van der Waals surface area contributed by atoms with Crippen molar-refractivity contribution in [2.75, 3.05) is 0 Å². The molecule has 0 aliphatic carbocycles. The predicted molar refractivity (Wildman–Crippen MR) is 67.9 cm³/mol. The number of benzene rings is 2. The fourth-order valence-corrected chi connectivity index (χ4v) is 1.64. The molecular formula is C13H10N4O2. The van der Waals surface area contributed by atoms with E-state index >= 15 is 0 Å². The van der Waals surface area contributed by atoms with Gasteiger partial charge in [0.1, 0.15) is 11.5 Å². The first-order valence-electron chi connectivity index (χ1n) is 5.61. The van der Waals surface area contributed by atoms with Gasteiger partial charge in [0.15, 0.2) is 0 Å². The Bertz CT molecular complexity index is 629. The van der Waals surface area contributed by atoms with Gasteiger partial charge in [0.25, 0.3) is 0 Å². The lowest BCUT2D eigenvalue weighted by atomic mass is 10.2. The second-order valence-corrected chi connectivity index (χ2v) is 3.97. The molecule has 0 aliphatic rings. The van der Waals surface area contributed by atoms with Gasteiger partial charge in [0, 0.05) is 5.56 Å². The number of phenols is 2. The van der Waals surface area contributed by atoms with Crippen LogP contribution in [0.2, 0.25) is 0 Å². The highest BCUT2D eigenvalue weighted by molar-refractivity contribution is 5.55. The number of hydrogen-bond donors (Lipinski definition) is 2. The lowest BCUT2D eigenvalue weighted by Gasteiger charge is -1.98. The maximum absolute atomic E-state index is 9.23. The zero-order valence-electron chi connectivity index (χ0n) is 9.80. The highest BCUT2D eigenvalue weighted by Gasteiger charge is 2.07. The molecule has 0 bridgehead atoms. The van der Waals surface area contributed by atoms with Gasteiger partial charge >= 0.3 is 0 Å². The van der Waals surface area contributed by atoms with E-state index in [1.54, 1.807) is 48.5 Å². The number of tetrazole rings is 1. The van der Waals surface area contributed by atoms with E-state index in [1.807, 2.05) is 0 Å². The molecule has 1 heterocycles. The summed E-state index contributed by atoms with van der Waals surface area (Å²) in [6, 6.07) is 13.1. The Morgan fingerprint density at radius 1 is 0.789 bits per heavy atom. The van der Waals surface area contributed by atoms with Gasteiger partial charge in [-0.2, -0.15) is 0 Å². The molecule has 1 aromatic heterocycles. The first-order valence-corrected chi connectivity index (χ1v) is 5.61. The maximum Gasteiger partial charge on any atom is 0.205 e. The largest absolute Gasteiger partial charge is 0.508 e. The highest BCUT2D eigenvalue weighted by Crippen LogP contribution is 2.18. The van der Waals surface area contributed by atoms with Crippen LogP contribution in [-0.4, -0.2) is 30.4 Å². The van der Waals surface area contributed by atoms with Crippen LogP contribution < -0.4 is 0 Å². The van der Waals surface area contributed by atoms with Crippen LogP contribution in [-0.2, 0) is 0 Å². The quantitative estimate of drug-likeness (QED) is 0.727. The monoisotopic (exact) mass is 254 g/mol. The number of aromatic hydroxyl groups is 2. The Morgan fingerprint density at radius 3 is 2.00 bits per heavy atom. The third-order valence-electron chi connectivity index (χ3n) is 2.62. The molecule has 0 fully saturated rings. The smallest absolute Gasteiger partial charge is 0.205 e. The summed E-state index contributed by atoms with van der Waals surface area (Å²) in [6.45, 7) is 0. The van der Waals surface area contributed by atoms with E-state index < -0.39 is 0 Å². The second kappa shape index (κ2) is 4.41. The number of nitrogens with zero attached hydrogens (tertiary/aromatic N) is 4. The molecule has 0 saturated carbocycles. The van der Waals surface area contributed by atoms with Crippen molar-refractivity contribution >= 4 is 0 Å². The average Bonchev–Trinajstić information content (AvgIpc) is 2.90. The summed E-state index contributed by atoms with van der Waals surface area (Å²) in [6.07, 6.45) is 0. The molecule has 6 heteroatoms. The minimum atomic E-state index is 0.183. The number of rotatable bonds is 2. The van der Waals surface area contributed by atoms with E-state index in [4.69, 9.17) is 0 Å². The summed E-state index contributed by atoms with van der Waals surface area (Å²) in [5.41, 5.74) is 1.47. The van der Waals surface area contributed by atoms with Crippen LogP contribution in [0, 0.1) is 0 Å². The molecule has 0 atom stereocenters. The van der Waals surface area contributed by atoms with Crippen molar-refractivity contribution in [3.05, 3.63) is 48.5 Å². The normalized spacial score (nSPS) is 10.5. The van der Waals surface area contributed by atoms with Crippen LogP contribution in [0.3, 0.4) is 0 Å². The molecular weight excluding hydrogens is 244 g/mol. The summed E-state index contributed by atoms with van der Waals surface area (Å²) in [5.74, 6) is 0.838. The fraction of sp³-hybridized carbons (Fsp3) is 0. The lowest BCUT2D eigenvalue weighted by Crippen LogP contribution is -1.98. The Labute approximate surface area is 108 Å². The van der Waals surface area contributed by atoms with Crippen molar-refractivity contribution in [1.29, 1.82) is 0 Å². The van der Waals surface area contributed by atoms with Gasteiger partial charge in [0.05, 0.1) is 5.69 Å². The predicted octanol–water partition coefficient (Wildman–Crippen LogP) is 1.74. The van der Waals surface area contributed by atoms with Gasteiger partial charge in [-0.1, -0.05) is 0 Å². The molecule has 0 saturated heterocycles. The van der Waals surface area contributed by atoms with Gasteiger partial charge in [0.2, 0.25) is 5.82 Å². The number of aromatic nitrogens is 4. The van der Waals surface area contributed by atoms with Gasteiger partial charge in [-0.3, -0.25) is 0 Å². The van der Waals surface area contributed by atoms with Crippen molar-refractivity contribution in [2.45, 2.75) is 0 Å². The van der Waals surface area contributed by atoms with Crippen molar-refractivity contribution in [1.82, 2.24) is 20.2 Å². The summed E-state index contributed by atoms with van der Waals surface area (Å²) in [5, 5.41) is 30.6. The van der Waals surface area contributed by atoms with E-state index in [2.05, 4.69) is 15.4 Å². The zero-order chi connectivity index (χ0) is 13.2. The molecule has 6 nitrogen and oxygen atoms in total. The molecule has 0 spiro atoms. The molecule has 0 radical (unpaired) electrons. The van der Waals surface area contributed by atoms with Crippen LogP contribution in [0.25, 0.3) is 17.1 Å². The molecule has 3 rings (SSSR count). The second-order valence-electron chi connectivity index (χ2n) is 3.97. The molecule has 2 aromatic carbocycles. The highest BCUT2D eigenvalue weighted by atomic mass is 16.3. The van der Waals surface area contributed by atoms with Crippen molar-refractivity contribution in [3.8, 4) is 28.6 Å². The number of hydrogen-bond acceptors (Lipinski definition) is 5. The maximum atomic E-state index is 9.23. The Morgan fingerprint density at radius 2 is 1.37 bits per heavy atom. The van der Waals surface area contributed by atoms with E-state index in [0.717, 1.165) is 5.56 Å².